The molecule has 1 unspecified atom stereocenters. The Morgan fingerprint density at radius 2 is 1.94 bits per heavy atom. The molecule has 196 valence electrons. The third-order valence-electron chi connectivity index (χ3n) is 4.16. The van der Waals surface area contributed by atoms with Crippen LogP contribution in [-0.2, 0) is 24.4 Å². The van der Waals surface area contributed by atoms with E-state index in [0.717, 1.165) is 24.4 Å². The summed E-state index contributed by atoms with van der Waals surface area (Å²) >= 11 is 0. The standard InChI is InChI=1S/C18H20F3N7O7S/c1-10(14(29)25-8-9-34-26-17(22)23)12-6-5-11(15(30)28(12)35-16(31)18(19,20)21)27-36(32,33)13-4-2-3-7-24-13/h2-7,10,27H,8-9H2,1H3,(H,25,29)(H4,22,23,26). The van der Waals surface area contributed by atoms with E-state index in [9.17, 15) is 36.0 Å². The van der Waals surface area contributed by atoms with Gasteiger partial charge in [0.15, 0.2) is 5.03 Å². The number of rotatable bonds is 10. The summed E-state index contributed by atoms with van der Waals surface area (Å²) in [6, 6.07) is 5.69. The SMILES string of the molecule is CC(C(=O)NCCONC(=N)N)c1ccc(NS(=O)(=O)c2ccccn2)c(=O)n1OC(=O)C(F)(F)F. The molecule has 0 aromatic carbocycles. The summed E-state index contributed by atoms with van der Waals surface area (Å²) in [6.07, 6.45) is -4.35. The topological polar surface area (TPSA) is 208 Å². The highest BCUT2D eigenvalue weighted by Crippen LogP contribution is 2.19. The molecule has 2 aromatic rings. The second-order valence-corrected chi connectivity index (χ2v) is 8.43. The van der Waals surface area contributed by atoms with Gasteiger partial charge in [-0.25, -0.2) is 15.3 Å². The largest absolute Gasteiger partial charge is 0.493 e. The van der Waals surface area contributed by atoms with Gasteiger partial charge in [0.25, 0.3) is 10.0 Å². The highest BCUT2D eigenvalue weighted by molar-refractivity contribution is 7.92. The van der Waals surface area contributed by atoms with Gasteiger partial charge in [-0.05, 0) is 31.2 Å². The summed E-state index contributed by atoms with van der Waals surface area (Å²) in [6.45, 7) is 0.883. The molecule has 0 radical (unpaired) electrons. The normalized spacial score (nSPS) is 12.3. The first kappa shape index (κ1) is 28.1. The summed E-state index contributed by atoms with van der Waals surface area (Å²) in [5.74, 6) is -5.46. The first-order valence-corrected chi connectivity index (χ1v) is 11.2. The molecular formula is C18H20F3N7O7S. The van der Waals surface area contributed by atoms with Crippen LogP contribution in [0.15, 0.2) is 46.3 Å². The van der Waals surface area contributed by atoms with E-state index in [2.05, 4.69) is 15.1 Å². The molecule has 2 rings (SSSR count). The van der Waals surface area contributed by atoms with Crippen LogP contribution < -0.4 is 31.6 Å². The van der Waals surface area contributed by atoms with E-state index in [4.69, 9.17) is 16.0 Å². The number of nitrogens with two attached hydrogens (primary N) is 1. The lowest BCUT2D eigenvalue weighted by Gasteiger charge is -2.19. The van der Waals surface area contributed by atoms with Crippen molar-refractivity contribution in [3.05, 3.63) is 52.6 Å². The molecule has 0 saturated carbocycles. The van der Waals surface area contributed by atoms with Gasteiger partial charge in [-0.1, -0.05) is 6.07 Å². The lowest BCUT2D eigenvalue weighted by Crippen LogP contribution is -2.42. The summed E-state index contributed by atoms with van der Waals surface area (Å²) in [7, 11) is -4.44. The smallest absolute Gasteiger partial charge is 0.368 e. The van der Waals surface area contributed by atoms with Gasteiger partial charge >= 0.3 is 17.7 Å². The fourth-order valence-electron chi connectivity index (χ4n) is 2.51. The molecule has 2 aromatic heterocycles. The maximum absolute atomic E-state index is 12.8. The average molecular weight is 535 g/mol. The first-order chi connectivity index (χ1) is 16.7. The summed E-state index contributed by atoms with van der Waals surface area (Å²) in [4.78, 5) is 49.2. The van der Waals surface area contributed by atoms with Crippen molar-refractivity contribution in [2.24, 2.45) is 5.73 Å². The van der Waals surface area contributed by atoms with Crippen molar-refractivity contribution in [1.29, 1.82) is 5.41 Å². The Morgan fingerprint density at radius 3 is 2.53 bits per heavy atom. The van der Waals surface area contributed by atoms with Crippen LogP contribution >= 0.6 is 0 Å². The Kier molecular flexibility index (Phi) is 8.95. The highest BCUT2D eigenvalue weighted by Gasteiger charge is 2.43. The third kappa shape index (κ3) is 7.40. The van der Waals surface area contributed by atoms with Gasteiger partial charge in [0.1, 0.15) is 5.69 Å². The van der Waals surface area contributed by atoms with Crippen molar-refractivity contribution >= 4 is 33.5 Å². The zero-order valence-corrected chi connectivity index (χ0v) is 19.1. The molecule has 36 heavy (non-hydrogen) atoms. The second-order valence-electron chi connectivity index (χ2n) is 6.80. The van der Waals surface area contributed by atoms with E-state index in [0.29, 0.717) is 0 Å². The molecule has 0 aliphatic rings. The molecule has 1 amide bonds. The third-order valence-corrected chi connectivity index (χ3v) is 5.44. The van der Waals surface area contributed by atoms with E-state index in [1.807, 2.05) is 10.2 Å². The molecule has 1 atom stereocenters. The lowest BCUT2D eigenvalue weighted by molar-refractivity contribution is -0.200. The minimum absolute atomic E-state index is 0.121. The summed E-state index contributed by atoms with van der Waals surface area (Å²) in [5.41, 5.74) is 4.23. The Bertz CT molecular complexity index is 1280. The number of hydrogen-bond acceptors (Lipinski definition) is 9. The van der Waals surface area contributed by atoms with Crippen LogP contribution in [0.4, 0.5) is 18.9 Å². The zero-order valence-electron chi connectivity index (χ0n) is 18.3. The monoisotopic (exact) mass is 535 g/mol. The van der Waals surface area contributed by atoms with Crippen molar-refractivity contribution in [3.63, 3.8) is 0 Å². The van der Waals surface area contributed by atoms with E-state index in [-0.39, 0.29) is 17.9 Å². The Morgan fingerprint density at radius 1 is 1.25 bits per heavy atom. The van der Waals surface area contributed by atoms with Gasteiger partial charge < -0.3 is 15.9 Å². The molecular weight excluding hydrogens is 515 g/mol. The molecule has 2 heterocycles. The maximum Gasteiger partial charge on any atom is 0.493 e. The Labute approximate surface area is 201 Å². The quantitative estimate of drug-likeness (QED) is 0.111. The number of guanidine groups is 1. The predicted octanol–water partition coefficient (Wildman–Crippen LogP) is -0.804. The van der Waals surface area contributed by atoms with Crippen LogP contribution in [0.2, 0.25) is 0 Å². The number of halogens is 3. The minimum Gasteiger partial charge on any atom is -0.368 e. The number of anilines is 1. The Balaban J connectivity index is 2.37. The first-order valence-electron chi connectivity index (χ1n) is 9.73. The number of sulfonamides is 1. The number of nitrogens with zero attached hydrogens (tertiary/aromatic N) is 2. The molecule has 14 nitrogen and oxygen atoms in total. The van der Waals surface area contributed by atoms with E-state index < -0.39 is 61.9 Å². The van der Waals surface area contributed by atoms with Crippen LogP contribution in [0.5, 0.6) is 0 Å². The number of carbonyl (C=O) groups excluding carboxylic acids is 2. The van der Waals surface area contributed by atoms with Gasteiger partial charge in [0.05, 0.1) is 18.2 Å². The van der Waals surface area contributed by atoms with Crippen LogP contribution in [0.3, 0.4) is 0 Å². The maximum atomic E-state index is 12.8. The van der Waals surface area contributed by atoms with Crippen molar-refractivity contribution in [2.75, 3.05) is 17.9 Å². The number of hydrogen-bond donors (Lipinski definition) is 5. The van der Waals surface area contributed by atoms with Crippen LogP contribution in [0.25, 0.3) is 0 Å². The number of hydroxylamine groups is 1. The van der Waals surface area contributed by atoms with Gasteiger partial charge in [0.2, 0.25) is 11.9 Å². The van der Waals surface area contributed by atoms with Crippen molar-refractivity contribution in [3.8, 4) is 0 Å². The van der Waals surface area contributed by atoms with Gasteiger partial charge in [0, 0.05) is 12.7 Å². The molecule has 0 spiro atoms. The van der Waals surface area contributed by atoms with E-state index in [1.165, 1.54) is 19.1 Å². The van der Waals surface area contributed by atoms with Gasteiger partial charge in [-0.15, -0.1) is 4.73 Å². The molecule has 6 N–H and O–H groups in total. The van der Waals surface area contributed by atoms with Crippen molar-refractivity contribution in [1.82, 2.24) is 20.5 Å². The minimum atomic E-state index is -5.51. The van der Waals surface area contributed by atoms with Crippen molar-refractivity contribution < 1.29 is 40.9 Å². The average Bonchev–Trinajstić information content (AvgIpc) is 2.80. The second kappa shape index (κ2) is 11.5. The number of amides is 1. The van der Waals surface area contributed by atoms with Crippen LogP contribution in [0, 0.1) is 5.41 Å². The van der Waals surface area contributed by atoms with Gasteiger partial charge in [-0.2, -0.15) is 21.6 Å². The van der Waals surface area contributed by atoms with E-state index in [1.54, 1.807) is 0 Å². The molecule has 0 aliphatic carbocycles. The number of aromatic nitrogens is 2. The van der Waals surface area contributed by atoms with Crippen LogP contribution in [-0.4, -0.2) is 55.3 Å². The van der Waals surface area contributed by atoms with Crippen molar-refractivity contribution in [2.45, 2.75) is 24.0 Å². The lowest BCUT2D eigenvalue weighted by atomic mass is 10.1. The molecule has 0 aliphatic heterocycles. The Hall–Kier alpha value is -4.19. The number of nitrogens with one attached hydrogen (secondary N) is 4. The predicted molar refractivity (Wildman–Crippen MR) is 116 cm³/mol. The number of alkyl halides is 3. The molecule has 0 saturated heterocycles. The molecule has 0 fully saturated rings. The molecule has 18 heteroatoms. The number of pyridine rings is 2. The zero-order chi connectivity index (χ0) is 27.1. The molecule has 0 bridgehead atoms. The summed E-state index contributed by atoms with van der Waals surface area (Å²) < 4.78 is 65.1. The van der Waals surface area contributed by atoms with E-state index >= 15 is 0 Å². The highest BCUT2D eigenvalue weighted by atomic mass is 32.2. The fraction of sp³-hybridized carbons (Fsp3) is 0.278. The van der Waals surface area contributed by atoms with Gasteiger partial charge in [-0.3, -0.25) is 24.6 Å². The number of carbonyl (C=O) groups is 2. The fourth-order valence-corrected chi connectivity index (χ4v) is 3.51. The van der Waals surface area contributed by atoms with Crippen LogP contribution in [0.1, 0.15) is 18.5 Å². The summed E-state index contributed by atoms with van der Waals surface area (Å²) in [5, 5.41) is 8.76.